The van der Waals surface area contributed by atoms with Crippen molar-refractivity contribution in [1.29, 1.82) is 0 Å². The highest BCUT2D eigenvalue weighted by molar-refractivity contribution is 5.90. The fraction of sp³-hybridized carbons (Fsp3) is 0.500. The maximum absolute atomic E-state index is 14.4. The molecule has 2 heterocycles. The van der Waals surface area contributed by atoms with E-state index in [1.54, 1.807) is 6.07 Å². The largest absolute Gasteiger partial charge is 0.342 e. The molecule has 0 radical (unpaired) electrons. The smallest absolute Gasteiger partial charge is 0.230 e. The van der Waals surface area contributed by atoms with Crippen molar-refractivity contribution >= 4 is 11.0 Å². The molecule has 132 valence electrons. The lowest BCUT2D eigenvalue weighted by molar-refractivity contribution is 0.0948. The molecule has 6 nitrogen and oxygen atoms in total. The second-order valence-corrected chi connectivity index (χ2v) is 7.18. The molecule has 1 N–H and O–H groups in total. The summed E-state index contributed by atoms with van der Waals surface area (Å²) in [5, 5.41) is 4.02. The number of aryl methyl sites for hydroxylation is 1. The Morgan fingerprint density at radius 1 is 1.28 bits per heavy atom. The summed E-state index contributed by atoms with van der Waals surface area (Å²) in [6, 6.07) is 4.13. The number of hydrogen-bond acceptors (Lipinski definition) is 5. The van der Waals surface area contributed by atoms with Crippen LogP contribution in [0.5, 0.6) is 0 Å². The Labute approximate surface area is 145 Å². The van der Waals surface area contributed by atoms with Gasteiger partial charge in [0.1, 0.15) is 17.2 Å². The third-order valence-corrected chi connectivity index (χ3v) is 5.24. The molecule has 2 aromatic heterocycles. The van der Waals surface area contributed by atoms with Crippen LogP contribution < -0.4 is 0 Å². The fourth-order valence-electron chi connectivity index (χ4n) is 3.43. The molecule has 0 atom stereocenters. The van der Waals surface area contributed by atoms with Crippen LogP contribution in [0.1, 0.15) is 44.3 Å². The summed E-state index contributed by atoms with van der Waals surface area (Å²) < 4.78 is 19.8. The van der Waals surface area contributed by atoms with Gasteiger partial charge in [0.05, 0.1) is 11.1 Å². The molecule has 0 unspecified atom stereocenters. The summed E-state index contributed by atoms with van der Waals surface area (Å²) in [6.07, 6.45) is 1.98. The number of imidazole rings is 1. The van der Waals surface area contributed by atoms with Crippen molar-refractivity contribution in [3.8, 4) is 11.4 Å². The summed E-state index contributed by atoms with van der Waals surface area (Å²) in [4.78, 5) is 14.3. The minimum absolute atomic E-state index is 0.246. The molecule has 1 aromatic carbocycles. The molecule has 0 spiro atoms. The van der Waals surface area contributed by atoms with Gasteiger partial charge in [-0.15, -0.1) is 0 Å². The van der Waals surface area contributed by atoms with Crippen molar-refractivity contribution in [2.45, 2.75) is 51.6 Å². The summed E-state index contributed by atoms with van der Waals surface area (Å²) in [6.45, 7) is 6.21. The van der Waals surface area contributed by atoms with E-state index in [4.69, 9.17) is 4.52 Å². The number of aromatic nitrogens is 4. The number of benzene rings is 1. The number of nitrogens with one attached hydrogen (secondary N) is 1. The van der Waals surface area contributed by atoms with Gasteiger partial charge in [-0.1, -0.05) is 5.16 Å². The van der Waals surface area contributed by atoms with Crippen LogP contribution in [0.3, 0.4) is 0 Å². The van der Waals surface area contributed by atoms with E-state index in [9.17, 15) is 4.39 Å². The maximum atomic E-state index is 14.4. The molecular weight excluding hydrogens is 321 g/mol. The number of fused-ring (bicyclic) bond motifs is 1. The number of aromatic amines is 1. The van der Waals surface area contributed by atoms with Gasteiger partial charge in [-0.2, -0.15) is 4.98 Å². The number of hydrogen-bond donors (Lipinski definition) is 1. The molecule has 7 heteroatoms. The summed E-state index contributed by atoms with van der Waals surface area (Å²) >= 11 is 0. The first-order valence-corrected chi connectivity index (χ1v) is 8.64. The van der Waals surface area contributed by atoms with E-state index in [0.29, 0.717) is 29.1 Å². The second-order valence-electron chi connectivity index (χ2n) is 7.18. The number of halogens is 1. The van der Waals surface area contributed by atoms with Crippen molar-refractivity contribution in [3.05, 3.63) is 29.7 Å². The molecule has 25 heavy (non-hydrogen) atoms. The highest BCUT2D eigenvalue weighted by Crippen LogP contribution is 2.40. The zero-order valence-electron chi connectivity index (χ0n) is 14.9. The van der Waals surface area contributed by atoms with Gasteiger partial charge in [0.2, 0.25) is 11.7 Å². The van der Waals surface area contributed by atoms with Gasteiger partial charge in [0.25, 0.3) is 0 Å². The number of nitrogens with zero attached hydrogens (tertiary/aromatic N) is 4. The van der Waals surface area contributed by atoms with Crippen molar-refractivity contribution in [2.24, 2.45) is 0 Å². The standard InChI is InChI=1S/C18H22FN5O/c1-9(2)24(4)12-7-11(8-12)18-22-17(23-25-18)15-13(19)5-6-14-16(15)21-10(3)20-14/h5-6,9,11-12H,7-8H2,1-4H3,(H,20,21)/t11-,12+. The highest BCUT2D eigenvalue weighted by atomic mass is 19.1. The molecule has 0 bridgehead atoms. The van der Waals surface area contributed by atoms with Crippen LogP contribution in [0.25, 0.3) is 22.4 Å². The normalized spacial score (nSPS) is 20.6. The first kappa shape index (κ1) is 16.2. The van der Waals surface area contributed by atoms with Crippen LogP contribution in [0.2, 0.25) is 0 Å². The van der Waals surface area contributed by atoms with Gasteiger partial charge >= 0.3 is 0 Å². The Balaban J connectivity index is 1.60. The van der Waals surface area contributed by atoms with E-state index in [1.807, 2.05) is 6.92 Å². The van der Waals surface area contributed by atoms with Crippen LogP contribution in [-0.2, 0) is 0 Å². The first-order valence-electron chi connectivity index (χ1n) is 8.64. The van der Waals surface area contributed by atoms with E-state index in [1.165, 1.54) is 6.07 Å². The van der Waals surface area contributed by atoms with Gasteiger partial charge in [-0.25, -0.2) is 9.37 Å². The first-order chi connectivity index (χ1) is 11.9. The lowest BCUT2D eigenvalue weighted by atomic mass is 9.79. The Morgan fingerprint density at radius 3 is 2.76 bits per heavy atom. The Morgan fingerprint density at radius 2 is 2.04 bits per heavy atom. The highest BCUT2D eigenvalue weighted by Gasteiger charge is 2.37. The Bertz CT molecular complexity index is 909. The second kappa shape index (κ2) is 5.91. The molecule has 4 rings (SSSR count). The molecule has 1 aliphatic rings. The Hall–Kier alpha value is -2.28. The lowest BCUT2D eigenvalue weighted by Gasteiger charge is -2.41. The lowest BCUT2D eigenvalue weighted by Crippen LogP contribution is -2.44. The van der Waals surface area contributed by atoms with Gasteiger partial charge in [0.15, 0.2) is 0 Å². The van der Waals surface area contributed by atoms with Crippen molar-refractivity contribution in [1.82, 2.24) is 25.0 Å². The predicted molar refractivity (Wildman–Crippen MR) is 92.7 cm³/mol. The molecule has 1 aliphatic carbocycles. The van der Waals surface area contributed by atoms with Gasteiger partial charge in [-0.05, 0) is 52.8 Å². The molecule has 0 aliphatic heterocycles. The third-order valence-electron chi connectivity index (χ3n) is 5.24. The van der Waals surface area contributed by atoms with E-state index in [0.717, 1.165) is 24.2 Å². The molecule has 0 saturated heterocycles. The van der Waals surface area contributed by atoms with Crippen LogP contribution in [0, 0.1) is 12.7 Å². The monoisotopic (exact) mass is 343 g/mol. The van der Waals surface area contributed by atoms with Crippen LogP contribution >= 0.6 is 0 Å². The average Bonchev–Trinajstić information content (AvgIpc) is 3.11. The minimum Gasteiger partial charge on any atom is -0.342 e. The minimum atomic E-state index is -0.391. The topological polar surface area (TPSA) is 70.8 Å². The predicted octanol–water partition coefficient (Wildman–Crippen LogP) is 3.65. The molecule has 0 amide bonds. The zero-order valence-corrected chi connectivity index (χ0v) is 14.9. The van der Waals surface area contributed by atoms with Gasteiger partial charge in [-0.3, -0.25) is 0 Å². The third kappa shape index (κ3) is 2.72. The van der Waals surface area contributed by atoms with Crippen LogP contribution in [0.4, 0.5) is 4.39 Å². The van der Waals surface area contributed by atoms with Gasteiger partial charge in [0, 0.05) is 18.0 Å². The molecular formula is C18H22FN5O. The van der Waals surface area contributed by atoms with Crippen LogP contribution in [-0.4, -0.2) is 44.1 Å². The zero-order chi connectivity index (χ0) is 17.7. The van der Waals surface area contributed by atoms with Crippen molar-refractivity contribution < 1.29 is 8.91 Å². The quantitative estimate of drug-likeness (QED) is 0.783. The fourth-order valence-corrected chi connectivity index (χ4v) is 3.43. The summed E-state index contributed by atoms with van der Waals surface area (Å²) in [5.41, 5.74) is 1.60. The summed E-state index contributed by atoms with van der Waals surface area (Å²) in [5.74, 6) is 1.44. The Kier molecular flexibility index (Phi) is 3.83. The number of H-pyrrole nitrogens is 1. The maximum Gasteiger partial charge on any atom is 0.230 e. The number of rotatable bonds is 4. The van der Waals surface area contributed by atoms with Crippen molar-refractivity contribution in [3.63, 3.8) is 0 Å². The average molecular weight is 343 g/mol. The van der Waals surface area contributed by atoms with E-state index >= 15 is 0 Å². The van der Waals surface area contributed by atoms with Gasteiger partial charge < -0.3 is 14.4 Å². The SMILES string of the molecule is Cc1nc2c(-c3noc([C@H]4C[C@@H](N(C)C(C)C)C4)n3)c(F)ccc2[nH]1. The molecule has 3 aromatic rings. The molecule has 1 fully saturated rings. The van der Waals surface area contributed by atoms with E-state index < -0.39 is 5.82 Å². The van der Waals surface area contributed by atoms with Crippen molar-refractivity contribution in [2.75, 3.05) is 7.05 Å². The molecule has 1 saturated carbocycles. The van der Waals surface area contributed by atoms with E-state index in [2.05, 4.69) is 45.9 Å². The van der Waals surface area contributed by atoms with E-state index in [-0.39, 0.29) is 11.7 Å². The summed E-state index contributed by atoms with van der Waals surface area (Å²) in [7, 11) is 2.14. The van der Waals surface area contributed by atoms with Crippen LogP contribution in [0.15, 0.2) is 16.7 Å².